The normalized spacial score (nSPS) is 13.3. The first-order chi connectivity index (χ1) is 33.7. The summed E-state index contributed by atoms with van der Waals surface area (Å²) in [4.78, 5) is 76.2. The van der Waals surface area contributed by atoms with Crippen LogP contribution in [0.5, 0.6) is 5.75 Å². The van der Waals surface area contributed by atoms with Crippen LogP contribution in [0.3, 0.4) is 0 Å². The highest BCUT2D eigenvalue weighted by atomic mass is 16.5. The highest BCUT2D eigenvalue weighted by Crippen LogP contribution is 2.29. The Morgan fingerprint density at radius 1 is 0.638 bits per heavy atom. The van der Waals surface area contributed by atoms with Crippen LogP contribution in [0.15, 0.2) is 146 Å². The summed E-state index contributed by atoms with van der Waals surface area (Å²) in [6.07, 6.45) is 9.38. The van der Waals surface area contributed by atoms with Crippen molar-refractivity contribution in [2.24, 2.45) is 0 Å². The van der Waals surface area contributed by atoms with E-state index >= 15 is 0 Å². The number of imidazole rings is 2. The van der Waals surface area contributed by atoms with E-state index in [4.69, 9.17) is 9.84 Å². The summed E-state index contributed by atoms with van der Waals surface area (Å²) >= 11 is 0. The van der Waals surface area contributed by atoms with E-state index in [-0.39, 0.29) is 42.3 Å². The Balaban J connectivity index is 0.000000161. The molecule has 1 amide bonds. The van der Waals surface area contributed by atoms with Crippen LogP contribution in [-0.2, 0) is 0 Å². The number of fused-ring (bicyclic) bond motifs is 4. The quantitative estimate of drug-likeness (QED) is 0.0970. The molecule has 16 heteroatoms. The SMILES string of the molecule is CN1CCN(C(=O)c2ccc3nc(C(=O)c4ccnc(-c5cncc6ccccc56)c4)[nH]c3c2)CC1.O=C(c1ccnc(-c2cncc3ccccc23)c1)c1nc2ccc(OCC(O)CO)cc2[nH]1. The summed E-state index contributed by atoms with van der Waals surface area (Å²) < 4.78 is 5.46. The highest BCUT2D eigenvalue weighted by Gasteiger charge is 2.23. The minimum absolute atomic E-state index is 0.00468. The van der Waals surface area contributed by atoms with Crippen molar-refractivity contribution in [3.8, 4) is 28.3 Å². The number of aromatic amines is 2. The van der Waals surface area contributed by atoms with Crippen LogP contribution in [-0.4, -0.2) is 130 Å². The predicted octanol–water partition coefficient (Wildman–Crippen LogP) is 6.93. The summed E-state index contributed by atoms with van der Waals surface area (Å²) in [7, 11) is 2.06. The molecular formula is C53H44N10O6. The van der Waals surface area contributed by atoms with Crippen LogP contribution in [0.4, 0.5) is 0 Å². The van der Waals surface area contributed by atoms with Gasteiger partial charge in [0.15, 0.2) is 11.6 Å². The molecule has 69 heavy (non-hydrogen) atoms. The minimum atomic E-state index is -0.961. The van der Waals surface area contributed by atoms with Crippen molar-refractivity contribution in [3.63, 3.8) is 0 Å². The Morgan fingerprint density at radius 3 is 1.74 bits per heavy atom. The largest absolute Gasteiger partial charge is 0.491 e. The van der Waals surface area contributed by atoms with Crippen LogP contribution in [0.25, 0.3) is 66.1 Å². The van der Waals surface area contributed by atoms with Crippen molar-refractivity contribution in [1.29, 1.82) is 0 Å². The van der Waals surface area contributed by atoms with Gasteiger partial charge in [0.1, 0.15) is 18.5 Å². The number of piperazine rings is 1. The van der Waals surface area contributed by atoms with E-state index in [1.807, 2.05) is 59.6 Å². The zero-order valence-corrected chi connectivity index (χ0v) is 37.3. The van der Waals surface area contributed by atoms with Crippen LogP contribution >= 0.6 is 0 Å². The maximum Gasteiger partial charge on any atom is 0.254 e. The molecule has 7 heterocycles. The van der Waals surface area contributed by atoms with Gasteiger partial charge in [0.05, 0.1) is 40.1 Å². The van der Waals surface area contributed by atoms with E-state index in [0.29, 0.717) is 69.0 Å². The number of rotatable bonds is 11. The number of ketones is 2. The number of amides is 1. The van der Waals surface area contributed by atoms with Gasteiger partial charge in [-0.25, -0.2) is 9.97 Å². The fourth-order valence-corrected chi connectivity index (χ4v) is 8.23. The fourth-order valence-electron chi connectivity index (χ4n) is 8.23. The number of aliphatic hydroxyl groups is 2. The zero-order valence-electron chi connectivity index (χ0n) is 37.3. The number of ether oxygens (including phenoxy) is 1. The Morgan fingerprint density at radius 2 is 1.17 bits per heavy atom. The monoisotopic (exact) mass is 916 g/mol. The van der Waals surface area contributed by atoms with E-state index in [2.05, 4.69) is 51.8 Å². The van der Waals surface area contributed by atoms with E-state index in [0.717, 1.165) is 45.8 Å². The van der Waals surface area contributed by atoms with E-state index in [9.17, 15) is 19.5 Å². The zero-order chi connectivity index (χ0) is 47.4. The average Bonchev–Trinajstić information content (AvgIpc) is 4.04. The van der Waals surface area contributed by atoms with Gasteiger partial charge in [-0.3, -0.25) is 34.3 Å². The maximum absolute atomic E-state index is 13.3. The van der Waals surface area contributed by atoms with Crippen LogP contribution in [0, 0.1) is 0 Å². The molecule has 4 aromatic carbocycles. The summed E-state index contributed by atoms with van der Waals surface area (Å²) in [5.74, 6) is 0.409. The standard InChI is InChI=1S/C28H24N6O2.C25H20N4O4/c1-33-10-12-34(13-11-33)28(36)19-6-7-23-25(15-19)32-27(31-23)26(35)18-8-9-30-24(14-18)22-17-29-16-20-4-2-3-5-21(20)22;30-13-17(31)14-33-18-5-6-21-23(10-18)29-25(28-21)24(32)15-7-8-27-22(9-15)20-12-26-11-16-3-1-2-4-19(16)20/h2-9,14-17H,10-13H2,1H3,(H,31,32);1-12,17,30-31H,13-14H2,(H,28,29). The van der Waals surface area contributed by atoms with Crippen molar-refractivity contribution < 1.29 is 29.3 Å². The molecule has 342 valence electrons. The lowest BCUT2D eigenvalue weighted by molar-refractivity contribution is 0.0536. The summed E-state index contributed by atoms with van der Waals surface area (Å²) in [6, 6.07) is 33.1. The third kappa shape index (κ3) is 9.40. The molecule has 4 N–H and O–H groups in total. The van der Waals surface area contributed by atoms with Gasteiger partial charge < -0.3 is 34.7 Å². The van der Waals surface area contributed by atoms with Crippen LogP contribution in [0.2, 0.25) is 0 Å². The second-order valence-corrected chi connectivity index (χ2v) is 16.7. The van der Waals surface area contributed by atoms with Gasteiger partial charge in [-0.15, -0.1) is 0 Å². The molecule has 1 unspecified atom stereocenters. The van der Waals surface area contributed by atoms with Crippen LogP contribution in [0.1, 0.15) is 42.7 Å². The van der Waals surface area contributed by atoms with Gasteiger partial charge in [-0.05, 0) is 72.4 Å². The molecule has 0 radical (unpaired) electrons. The lowest BCUT2D eigenvalue weighted by Crippen LogP contribution is -2.47. The molecule has 0 bridgehead atoms. The molecule has 1 atom stereocenters. The van der Waals surface area contributed by atoms with Crippen molar-refractivity contribution in [2.45, 2.75) is 6.10 Å². The molecule has 6 aromatic heterocycles. The molecule has 1 saturated heterocycles. The summed E-state index contributed by atoms with van der Waals surface area (Å²) in [6.45, 7) is 2.71. The third-order valence-electron chi connectivity index (χ3n) is 12.0. The number of H-pyrrole nitrogens is 2. The Kier molecular flexibility index (Phi) is 12.4. The first-order valence-corrected chi connectivity index (χ1v) is 22.3. The number of hydrogen-bond acceptors (Lipinski definition) is 13. The minimum Gasteiger partial charge on any atom is -0.491 e. The first-order valence-electron chi connectivity index (χ1n) is 22.3. The molecule has 0 saturated carbocycles. The predicted molar refractivity (Wildman–Crippen MR) is 261 cm³/mol. The number of carbonyl (C=O) groups is 3. The van der Waals surface area contributed by atoms with Crippen molar-refractivity contribution in [3.05, 3.63) is 175 Å². The fraction of sp³-hybridized carbons (Fsp3) is 0.151. The number of pyridine rings is 4. The van der Waals surface area contributed by atoms with Gasteiger partial charge in [-0.1, -0.05) is 48.5 Å². The van der Waals surface area contributed by atoms with Gasteiger partial charge in [0, 0.05) is 108 Å². The molecule has 0 aliphatic carbocycles. The van der Waals surface area contributed by atoms with Gasteiger partial charge in [0.2, 0.25) is 11.6 Å². The molecule has 1 aliphatic rings. The number of aliphatic hydroxyl groups excluding tert-OH is 2. The number of hydrogen-bond donors (Lipinski definition) is 4. The van der Waals surface area contributed by atoms with Gasteiger partial charge >= 0.3 is 0 Å². The second kappa shape index (κ2) is 19.3. The van der Waals surface area contributed by atoms with Crippen molar-refractivity contribution >= 4 is 61.1 Å². The summed E-state index contributed by atoms with van der Waals surface area (Å²) in [5.41, 5.74) is 7.08. The molecule has 10 aromatic rings. The Labute approximate surface area is 394 Å². The lowest BCUT2D eigenvalue weighted by Gasteiger charge is -2.32. The van der Waals surface area contributed by atoms with E-state index in [1.54, 1.807) is 91.6 Å². The molecule has 11 rings (SSSR count). The van der Waals surface area contributed by atoms with Gasteiger partial charge in [0.25, 0.3) is 5.91 Å². The third-order valence-corrected chi connectivity index (χ3v) is 12.0. The Bertz CT molecular complexity index is 3540. The smallest absolute Gasteiger partial charge is 0.254 e. The number of nitrogens with zero attached hydrogens (tertiary/aromatic N) is 8. The Hall–Kier alpha value is -8.57. The van der Waals surface area contributed by atoms with E-state index in [1.165, 1.54) is 0 Å². The lowest BCUT2D eigenvalue weighted by atomic mass is 10.0. The summed E-state index contributed by atoms with van der Waals surface area (Å²) in [5, 5.41) is 22.4. The van der Waals surface area contributed by atoms with Crippen molar-refractivity contribution in [1.82, 2.24) is 49.7 Å². The number of nitrogens with one attached hydrogen (secondary N) is 2. The topological polar surface area (TPSA) is 216 Å². The number of likely N-dealkylation sites (N-methyl/N-ethyl adjacent to an activating group) is 1. The second-order valence-electron chi connectivity index (χ2n) is 16.7. The number of benzene rings is 4. The van der Waals surface area contributed by atoms with Crippen LogP contribution < -0.4 is 4.74 Å². The highest BCUT2D eigenvalue weighted by molar-refractivity contribution is 6.10. The number of aromatic nitrogens is 8. The average molecular weight is 917 g/mol. The molecule has 1 fully saturated rings. The van der Waals surface area contributed by atoms with Crippen molar-refractivity contribution in [2.75, 3.05) is 46.4 Å². The van der Waals surface area contributed by atoms with E-state index < -0.39 is 6.10 Å². The molecule has 1 aliphatic heterocycles. The number of carbonyl (C=O) groups excluding carboxylic acids is 3. The molecular weight excluding hydrogens is 873 g/mol. The maximum atomic E-state index is 13.3. The van der Waals surface area contributed by atoms with Gasteiger partial charge in [-0.2, -0.15) is 0 Å². The molecule has 0 spiro atoms. The first kappa shape index (κ1) is 44.3. The molecule has 16 nitrogen and oxygen atoms in total.